The first-order valence-corrected chi connectivity index (χ1v) is 10.0. The molecule has 0 bridgehead atoms. The van der Waals surface area contributed by atoms with E-state index in [1.807, 2.05) is 12.1 Å². The van der Waals surface area contributed by atoms with Gasteiger partial charge in [-0.05, 0) is 65.4 Å². The van der Waals surface area contributed by atoms with Crippen LogP contribution in [0.15, 0.2) is 66.7 Å². The quantitative estimate of drug-likeness (QED) is 0.321. The number of aryl methyl sites for hydroxylation is 1. The van der Waals surface area contributed by atoms with E-state index in [0.29, 0.717) is 28.2 Å². The van der Waals surface area contributed by atoms with Gasteiger partial charge in [0, 0.05) is 18.5 Å². The van der Waals surface area contributed by atoms with Crippen LogP contribution in [0.5, 0.6) is 11.5 Å². The molecule has 0 N–H and O–H groups in total. The highest BCUT2D eigenvalue weighted by atomic mass is 16.5. The number of hydrogen-bond acceptors (Lipinski definition) is 5. The van der Waals surface area contributed by atoms with E-state index in [1.54, 1.807) is 61.8 Å². The summed E-state index contributed by atoms with van der Waals surface area (Å²) in [5.74, 6) is 0.289. The molecule has 2 heterocycles. The molecule has 1 aliphatic heterocycles. The molecule has 0 saturated heterocycles. The Balaban J connectivity index is 1.56. The molecule has 5 heteroatoms. The fraction of sp³-hybridized carbons (Fsp3) is 0.192. The summed E-state index contributed by atoms with van der Waals surface area (Å²) in [7, 11) is 0. The zero-order chi connectivity index (χ0) is 22.2. The molecule has 0 saturated carbocycles. The van der Waals surface area contributed by atoms with Crippen molar-refractivity contribution in [2.24, 2.45) is 0 Å². The molecule has 0 spiro atoms. The number of Topliss-reactive ketones (excluding diaryl/α,β-unsaturated/α-hetero) is 1. The monoisotopic (exact) mass is 413 g/mol. The first-order chi connectivity index (χ1) is 14.7. The van der Waals surface area contributed by atoms with Gasteiger partial charge in [-0.15, -0.1) is 0 Å². The number of fused-ring (bicyclic) bond motifs is 1. The summed E-state index contributed by atoms with van der Waals surface area (Å²) < 4.78 is 11.3. The van der Waals surface area contributed by atoms with Crippen LogP contribution < -0.4 is 9.47 Å². The molecule has 2 aromatic carbocycles. The minimum absolute atomic E-state index is 0.00486. The van der Waals surface area contributed by atoms with Crippen LogP contribution in [-0.4, -0.2) is 16.7 Å². The number of nitrogens with zero attached hydrogens (tertiary/aromatic N) is 1. The van der Waals surface area contributed by atoms with E-state index in [-0.39, 0.29) is 17.0 Å². The number of pyridine rings is 1. The number of allylic oxidation sites excluding steroid dienone is 1. The molecular formula is C26H23NO4. The van der Waals surface area contributed by atoms with Crippen LogP contribution in [-0.2, 0) is 5.41 Å². The van der Waals surface area contributed by atoms with E-state index in [4.69, 9.17) is 9.47 Å². The van der Waals surface area contributed by atoms with Crippen LogP contribution in [0.2, 0.25) is 0 Å². The van der Waals surface area contributed by atoms with Gasteiger partial charge in [-0.1, -0.05) is 32.9 Å². The second-order valence-electron chi connectivity index (χ2n) is 8.55. The lowest BCUT2D eigenvalue weighted by Gasteiger charge is -2.18. The number of rotatable bonds is 3. The molecule has 4 rings (SSSR count). The van der Waals surface area contributed by atoms with Crippen molar-refractivity contribution in [2.75, 3.05) is 0 Å². The van der Waals surface area contributed by atoms with Crippen LogP contribution in [0.4, 0.5) is 0 Å². The lowest BCUT2D eigenvalue weighted by Crippen LogP contribution is -2.13. The maximum atomic E-state index is 12.8. The summed E-state index contributed by atoms with van der Waals surface area (Å²) >= 11 is 0. The van der Waals surface area contributed by atoms with Gasteiger partial charge < -0.3 is 9.47 Å². The van der Waals surface area contributed by atoms with E-state index in [1.165, 1.54) is 0 Å². The Kier molecular flexibility index (Phi) is 5.19. The molecule has 0 amide bonds. The fourth-order valence-electron chi connectivity index (χ4n) is 3.42. The topological polar surface area (TPSA) is 65.5 Å². The number of carbonyl (C=O) groups is 2. The van der Waals surface area contributed by atoms with E-state index >= 15 is 0 Å². The number of carbonyl (C=O) groups excluding carboxylic acids is 2. The van der Waals surface area contributed by atoms with Crippen molar-refractivity contribution in [2.45, 2.75) is 33.1 Å². The van der Waals surface area contributed by atoms with Gasteiger partial charge in [-0.3, -0.25) is 9.78 Å². The highest BCUT2D eigenvalue weighted by molar-refractivity contribution is 6.15. The predicted octanol–water partition coefficient (Wildman–Crippen LogP) is 5.52. The van der Waals surface area contributed by atoms with E-state index in [0.717, 1.165) is 11.1 Å². The standard InChI is InChI=1S/C26H23NO4/c1-16-13-20(30-25(29)18-5-7-19(8-6-18)26(2,3)4)15-21-23(16)24(28)22(31-21)14-17-9-11-27-12-10-17/h5-15H,1-4H3/b22-14-. The molecule has 5 nitrogen and oxygen atoms in total. The van der Waals surface area contributed by atoms with Gasteiger partial charge in [0.2, 0.25) is 5.78 Å². The Morgan fingerprint density at radius 1 is 1.03 bits per heavy atom. The molecule has 0 fully saturated rings. The molecule has 0 unspecified atom stereocenters. The second-order valence-corrected chi connectivity index (χ2v) is 8.55. The first kappa shape index (κ1) is 20.5. The fourth-order valence-corrected chi connectivity index (χ4v) is 3.42. The largest absolute Gasteiger partial charge is 0.452 e. The van der Waals surface area contributed by atoms with Gasteiger partial charge in [-0.2, -0.15) is 0 Å². The summed E-state index contributed by atoms with van der Waals surface area (Å²) in [6.45, 7) is 8.15. The SMILES string of the molecule is Cc1cc(OC(=O)c2ccc(C(C)(C)C)cc2)cc2c1C(=O)/C(=C/c1ccncc1)O2. The summed E-state index contributed by atoms with van der Waals surface area (Å²) in [4.78, 5) is 29.4. The highest BCUT2D eigenvalue weighted by Crippen LogP contribution is 2.37. The average molecular weight is 413 g/mol. The Morgan fingerprint density at radius 3 is 2.35 bits per heavy atom. The summed E-state index contributed by atoms with van der Waals surface area (Å²) in [6, 6.07) is 14.2. The molecule has 0 radical (unpaired) electrons. The number of ketones is 1. The van der Waals surface area contributed by atoms with E-state index < -0.39 is 5.97 Å². The number of ether oxygens (including phenoxy) is 2. The molecule has 1 aliphatic rings. The average Bonchev–Trinajstić information content (AvgIpc) is 3.03. The maximum Gasteiger partial charge on any atom is 0.343 e. The maximum absolute atomic E-state index is 12.8. The first-order valence-electron chi connectivity index (χ1n) is 10.0. The summed E-state index contributed by atoms with van der Waals surface area (Å²) in [6.07, 6.45) is 4.97. The molecule has 31 heavy (non-hydrogen) atoms. The van der Waals surface area contributed by atoms with Gasteiger partial charge in [0.25, 0.3) is 0 Å². The number of esters is 1. The van der Waals surface area contributed by atoms with Crippen LogP contribution >= 0.6 is 0 Å². The van der Waals surface area contributed by atoms with Crippen molar-refractivity contribution >= 4 is 17.8 Å². The molecule has 3 aromatic rings. The van der Waals surface area contributed by atoms with Crippen LogP contribution in [0, 0.1) is 6.92 Å². The lowest BCUT2D eigenvalue weighted by molar-refractivity contribution is 0.0734. The molecule has 0 atom stereocenters. The minimum atomic E-state index is -0.461. The third kappa shape index (κ3) is 4.26. The number of aromatic nitrogens is 1. The van der Waals surface area contributed by atoms with Crippen molar-refractivity contribution in [1.29, 1.82) is 0 Å². The van der Waals surface area contributed by atoms with Gasteiger partial charge in [0.1, 0.15) is 11.5 Å². The predicted molar refractivity (Wildman–Crippen MR) is 118 cm³/mol. The molecule has 1 aromatic heterocycles. The lowest BCUT2D eigenvalue weighted by atomic mass is 9.87. The zero-order valence-corrected chi connectivity index (χ0v) is 17.9. The summed E-state index contributed by atoms with van der Waals surface area (Å²) in [5, 5.41) is 0. The minimum Gasteiger partial charge on any atom is -0.452 e. The van der Waals surface area contributed by atoms with Crippen LogP contribution in [0.1, 0.15) is 58.2 Å². The molecule has 156 valence electrons. The van der Waals surface area contributed by atoms with Crippen LogP contribution in [0.3, 0.4) is 0 Å². The Bertz CT molecular complexity index is 1190. The van der Waals surface area contributed by atoms with Crippen molar-refractivity contribution in [3.05, 3.63) is 94.5 Å². The third-order valence-corrected chi connectivity index (χ3v) is 5.14. The van der Waals surface area contributed by atoms with Gasteiger partial charge in [0.15, 0.2) is 5.76 Å². The normalized spacial score (nSPS) is 14.3. The van der Waals surface area contributed by atoms with Gasteiger partial charge >= 0.3 is 5.97 Å². The van der Waals surface area contributed by atoms with Crippen LogP contribution in [0.25, 0.3) is 6.08 Å². The zero-order valence-electron chi connectivity index (χ0n) is 17.9. The molecular weight excluding hydrogens is 390 g/mol. The van der Waals surface area contributed by atoms with E-state index in [2.05, 4.69) is 25.8 Å². The second kappa shape index (κ2) is 7.84. The molecule has 0 aliphatic carbocycles. The summed E-state index contributed by atoms with van der Waals surface area (Å²) in [5.41, 5.74) is 3.58. The van der Waals surface area contributed by atoms with Crippen molar-refractivity contribution < 1.29 is 19.1 Å². The van der Waals surface area contributed by atoms with Gasteiger partial charge in [0.05, 0.1) is 11.1 Å². The number of benzene rings is 2. The Labute approximate surface area is 181 Å². The van der Waals surface area contributed by atoms with Crippen molar-refractivity contribution in [3.63, 3.8) is 0 Å². The Morgan fingerprint density at radius 2 is 1.71 bits per heavy atom. The van der Waals surface area contributed by atoms with Crippen molar-refractivity contribution in [1.82, 2.24) is 4.98 Å². The third-order valence-electron chi connectivity index (χ3n) is 5.14. The van der Waals surface area contributed by atoms with Gasteiger partial charge in [-0.25, -0.2) is 4.79 Å². The van der Waals surface area contributed by atoms with Crippen molar-refractivity contribution in [3.8, 4) is 11.5 Å². The highest BCUT2D eigenvalue weighted by Gasteiger charge is 2.30. The smallest absolute Gasteiger partial charge is 0.343 e. The van der Waals surface area contributed by atoms with E-state index in [9.17, 15) is 9.59 Å². The Hall–Kier alpha value is -3.73. The number of hydrogen-bond donors (Lipinski definition) is 0.